The Bertz CT molecular complexity index is 150. The predicted molar refractivity (Wildman–Crippen MR) is 28.1 cm³/mol. The Labute approximate surface area is 87.9 Å². The van der Waals surface area contributed by atoms with Gasteiger partial charge >= 0.3 is 0 Å². The van der Waals surface area contributed by atoms with Gasteiger partial charge in [-0.3, -0.25) is 0 Å². The van der Waals surface area contributed by atoms with Crippen LogP contribution in [0.1, 0.15) is 19.9 Å². The molecule has 0 bridgehead atoms. The maximum Gasteiger partial charge on any atom is 0 e. The average molecular weight is 482 g/mol. The van der Waals surface area contributed by atoms with Gasteiger partial charge in [-0.15, -0.1) is 0 Å². The fourth-order valence-corrected chi connectivity index (χ4v) is 0.394. The van der Waals surface area contributed by atoms with Crippen LogP contribution in [-0.4, -0.2) is 14.8 Å². The zero-order chi connectivity index (χ0) is 5.98. The second-order valence-corrected chi connectivity index (χ2v) is 1.86. The molecule has 1 aromatic heterocycles. The summed E-state index contributed by atoms with van der Waals surface area (Å²) in [6.07, 6.45) is 5.27. The van der Waals surface area contributed by atoms with Crippen LogP contribution in [0, 0.1) is 12.7 Å². The second kappa shape index (κ2) is 6.19. The number of nitrogens with zero attached hydrogens (tertiary/aromatic N) is 3. The Hall–Kier alpha value is 0.465. The van der Waals surface area contributed by atoms with Crippen LogP contribution >= 0.6 is 0 Å². The normalized spacial score (nSPS) is 8.30. The molecule has 1 rings (SSSR count). The molecule has 1 aromatic rings. The van der Waals surface area contributed by atoms with E-state index >= 15 is 0 Å². The molecule has 0 aliphatic carbocycles. The van der Waals surface area contributed by atoms with Crippen molar-refractivity contribution in [3.05, 3.63) is 12.7 Å². The summed E-state index contributed by atoms with van der Waals surface area (Å²) in [5.41, 5.74) is 0. The van der Waals surface area contributed by atoms with E-state index in [-0.39, 0.29) is 40.8 Å². The Morgan fingerprint density at radius 2 is 1.50 bits per heavy atom. The summed E-state index contributed by atoms with van der Waals surface area (Å²) < 4.78 is 1.69. The topological polar surface area (TPSA) is 30.7 Å². The van der Waals surface area contributed by atoms with Gasteiger partial charge in [0.15, 0.2) is 0 Å². The smallest absolute Gasteiger partial charge is 0 e. The third-order valence-electron chi connectivity index (χ3n) is 0.871. The summed E-state index contributed by atoms with van der Waals surface area (Å²) >= 11 is 0. The number of hydrogen-bond acceptors (Lipinski definition) is 2. The minimum atomic E-state index is 0. The Morgan fingerprint density at radius 1 is 1.10 bits per heavy atom. The largest absolute Gasteiger partial charge is 0.664 e. The molecule has 0 atom stereocenters. The SMILES string of the molecule is CC(C)n1[c-]nn[c-]1.[Re].[Re]. The summed E-state index contributed by atoms with van der Waals surface area (Å²) in [5.74, 6) is 0. The van der Waals surface area contributed by atoms with Crippen molar-refractivity contribution < 1.29 is 40.8 Å². The van der Waals surface area contributed by atoms with Crippen LogP contribution in [0.4, 0.5) is 0 Å². The van der Waals surface area contributed by atoms with Crippen LogP contribution in [0.25, 0.3) is 0 Å². The molecule has 0 N–H and O–H groups in total. The molecule has 3 nitrogen and oxygen atoms in total. The molecule has 0 spiro atoms. The molecule has 58 valence electrons. The first-order valence-corrected chi connectivity index (χ1v) is 2.51. The van der Waals surface area contributed by atoms with Crippen LogP contribution in [0.2, 0.25) is 0 Å². The first-order valence-electron chi connectivity index (χ1n) is 2.51. The van der Waals surface area contributed by atoms with Gasteiger partial charge in [0.1, 0.15) is 0 Å². The Kier molecular flexibility index (Phi) is 8.10. The van der Waals surface area contributed by atoms with Gasteiger partial charge in [0.2, 0.25) is 0 Å². The maximum atomic E-state index is 3.48. The fourth-order valence-electron chi connectivity index (χ4n) is 0.394. The van der Waals surface area contributed by atoms with Gasteiger partial charge in [-0.25, -0.2) is 0 Å². The second-order valence-electron chi connectivity index (χ2n) is 1.86. The van der Waals surface area contributed by atoms with Crippen LogP contribution in [-0.2, 0) is 40.8 Å². The molecule has 0 unspecified atom stereocenters. The Morgan fingerprint density at radius 3 is 1.70 bits per heavy atom. The number of aromatic nitrogens is 3. The van der Waals surface area contributed by atoms with E-state index in [1.807, 2.05) is 13.8 Å². The molecule has 2 radical (unpaired) electrons. The monoisotopic (exact) mass is 483 g/mol. The molecule has 5 heteroatoms. The molecule has 0 fully saturated rings. The molecule has 0 saturated carbocycles. The van der Waals surface area contributed by atoms with Gasteiger partial charge in [-0.05, 0) is 19.9 Å². The summed E-state index contributed by atoms with van der Waals surface area (Å²) in [4.78, 5) is 0. The summed E-state index contributed by atoms with van der Waals surface area (Å²) in [6.45, 7) is 4.05. The first kappa shape index (κ1) is 13.1. The fraction of sp³-hybridized carbons (Fsp3) is 0.600. The molecule has 10 heavy (non-hydrogen) atoms. The van der Waals surface area contributed by atoms with E-state index in [0.717, 1.165) is 0 Å². The van der Waals surface area contributed by atoms with E-state index in [9.17, 15) is 0 Å². The number of hydrogen-bond donors (Lipinski definition) is 0. The summed E-state index contributed by atoms with van der Waals surface area (Å²) in [6, 6.07) is 0.366. The third kappa shape index (κ3) is 3.59. The zero-order valence-corrected chi connectivity index (χ0v) is 11.1. The van der Waals surface area contributed by atoms with Gasteiger partial charge < -0.3 is 27.4 Å². The number of rotatable bonds is 1. The zero-order valence-electron chi connectivity index (χ0n) is 5.67. The molecule has 0 aliphatic heterocycles. The third-order valence-corrected chi connectivity index (χ3v) is 0.871. The molecular formula is C5H7N3Re2-2. The van der Waals surface area contributed by atoms with Crippen molar-refractivity contribution in [1.82, 2.24) is 14.8 Å². The quantitative estimate of drug-likeness (QED) is 0.546. The minimum absolute atomic E-state index is 0. The van der Waals surface area contributed by atoms with E-state index < -0.39 is 0 Å². The van der Waals surface area contributed by atoms with Crippen molar-refractivity contribution in [1.29, 1.82) is 0 Å². The van der Waals surface area contributed by atoms with Crippen molar-refractivity contribution in [3.63, 3.8) is 0 Å². The van der Waals surface area contributed by atoms with Gasteiger partial charge in [0.25, 0.3) is 0 Å². The van der Waals surface area contributed by atoms with Crippen LogP contribution in [0.15, 0.2) is 0 Å². The van der Waals surface area contributed by atoms with Gasteiger partial charge in [0.05, 0.1) is 0 Å². The maximum absolute atomic E-state index is 3.48. The Balaban J connectivity index is 0. The van der Waals surface area contributed by atoms with E-state index in [4.69, 9.17) is 0 Å². The van der Waals surface area contributed by atoms with Crippen LogP contribution < -0.4 is 0 Å². The summed E-state index contributed by atoms with van der Waals surface area (Å²) in [7, 11) is 0. The molecule has 0 aromatic carbocycles. The van der Waals surface area contributed by atoms with Crippen molar-refractivity contribution >= 4 is 0 Å². The molecule has 0 aliphatic rings. The molecular weight excluding hydrogens is 474 g/mol. The van der Waals surface area contributed by atoms with E-state index in [0.29, 0.717) is 6.04 Å². The van der Waals surface area contributed by atoms with Gasteiger partial charge in [-0.1, -0.05) is 0 Å². The van der Waals surface area contributed by atoms with Crippen molar-refractivity contribution in [2.45, 2.75) is 19.9 Å². The predicted octanol–water partition coefficient (Wildman–Crippen LogP) is 0.454. The van der Waals surface area contributed by atoms with Crippen LogP contribution in [0.5, 0.6) is 0 Å². The standard InChI is InChI=1S/C5H7N3.2Re/c1-5(2)8-3-6-7-4-8;;/h5H,1-2H3;;/q-2;;. The molecule has 1 heterocycles. The van der Waals surface area contributed by atoms with Crippen molar-refractivity contribution in [2.24, 2.45) is 0 Å². The van der Waals surface area contributed by atoms with Gasteiger partial charge in [-0.2, -0.15) is 0 Å². The van der Waals surface area contributed by atoms with E-state index in [1.165, 1.54) is 0 Å². The van der Waals surface area contributed by atoms with Crippen LogP contribution in [0.3, 0.4) is 0 Å². The van der Waals surface area contributed by atoms with Gasteiger partial charge in [0, 0.05) is 40.8 Å². The minimum Gasteiger partial charge on any atom is -0.664 e. The molecule has 0 saturated heterocycles. The van der Waals surface area contributed by atoms with Crippen molar-refractivity contribution in [3.8, 4) is 0 Å². The first-order chi connectivity index (χ1) is 3.80. The van der Waals surface area contributed by atoms with E-state index in [1.54, 1.807) is 4.57 Å². The van der Waals surface area contributed by atoms with Crippen molar-refractivity contribution in [2.75, 3.05) is 0 Å². The molecule has 0 amide bonds. The summed E-state index contributed by atoms with van der Waals surface area (Å²) in [5, 5.41) is 6.95. The van der Waals surface area contributed by atoms with E-state index in [2.05, 4.69) is 22.9 Å². The average Bonchev–Trinajstić information content (AvgIpc) is 2.12.